The van der Waals surface area contributed by atoms with Crippen molar-refractivity contribution in [3.8, 4) is 0 Å². The summed E-state index contributed by atoms with van der Waals surface area (Å²) < 4.78 is 0. The fourth-order valence-electron chi connectivity index (χ4n) is 1.36. The fraction of sp³-hybridized carbons (Fsp3) is 0.727. The van der Waals surface area contributed by atoms with Crippen LogP contribution >= 0.6 is 12.2 Å². The minimum absolute atomic E-state index is 0.103. The quantitative estimate of drug-likeness (QED) is 0.767. The van der Waals surface area contributed by atoms with Gasteiger partial charge >= 0.3 is 0 Å². The fourth-order valence-corrected chi connectivity index (χ4v) is 1.56. The van der Waals surface area contributed by atoms with Crippen LogP contribution in [0.25, 0.3) is 0 Å². The predicted octanol–water partition coefficient (Wildman–Crippen LogP) is 1.33. The molecule has 1 aromatic rings. The van der Waals surface area contributed by atoms with E-state index in [1.165, 1.54) is 4.80 Å². The first-order valence-corrected chi connectivity index (χ1v) is 6.80. The number of rotatable bonds is 6. The van der Waals surface area contributed by atoms with Crippen molar-refractivity contribution in [2.45, 2.75) is 46.6 Å². The van der Waals surface area contributed by atoms with E-state index in [1.54, 1.807) is 0 Å². The number of carbonyl (C=O) groups is 1. The highest BCUT2D eigenvalue weighted by Gasteiger charge is 2.08. The molecule has 0 aliphatic rings. The minimum atomic E-state index is -0.103. The van der Waals surface area contributed by atoms with E-state index in [1.807, 2.05) is 6.92 Å². The van der Waals surface area contributed by atoms with Gasteiger partial charge in [0, 0.05) is 6.42 Å². The summed E-state index contributed by atoms with van der Waals surface area (Å²) >= 11 is 5.00. The number of unbranched alkanes of at least 4 members (excludes halogenated alkanes) is 1. The molecule has 106 valence electrons. The molecule has 0 spiro atoms. The van der Waals surface area contributed by atoms with Crippen molar-refractivity contribution < 1.29 is 4.79 Å². The van der Waals surface area contributed by atoms with Gasteiger partial charge in [-0.2, -0.15) is 4.80 Å². The zero-order chi connectivity index (χ0) is 14.3. The van der Waals surface area contributed by atoms with Crippen molar-refractivity contribution in [2.75, 3.05) is 5.32 Å². The maximum atomic E-state index is 11.5. The Morgan fingerprint density at radius 1 is 1.47 bits per heavy atom. The average Bonchev–Trinajstić information content (AvgIpc) is 2.72. The maximum absolute atomic E-state index is 11.5. The number of amides is 1. The minimum Gasteiger partial charge on any atom is -0.303 e. The molecule has 0 atom stereocenters. The number of nitrogens with one attached hydrogen (secondary N) is 2. The summed E-state index contributed by atoms with van der Waals surface area (Å²) in [6.45, 7) is 6.84. The van der Waals surface area contributed by atoms with Gasteiger partial charge in [-0.3, -0.25) is 10.1 Å². The smallest absolute Gasteiger partial charge is 0.269 e. The molecule has 2 N–H and O–H groups in total. The van der Waals surface area contributed by atoms with Gasteiger partial charge in [-0.25, -0.2) is 0 Å². The molecule has 1 aromatic heterocycles. The number of thiocarbonyl (C=S) groups is 1. The molecule has 7 nitrogen and oxygen atoms in total. The predicted molar refractivity (Wildman–Crippen MR) is 76.5 cm³/mol. The number of carbonyl (C=O) groups excluding carboxylic acids is 1. The number of tetrazole rings is 1. The lowest BCUT2D eigenvalue weighted by atomic mass is 10.2. The van der Waals surface area contributed by atoms with Crippen molar-refractivity contribution >= 4 is 29.2 Å². The number of hydrogen-bond donors (Lipinski definition) is 2. The van der Waals surface area contributed by atoms with Crippen LogP contribution in [0.4, 0.5) is 5.95 Å². The van der Waals surface area contributed by atoms with E-state index in [9.17, 15) is 4.79 Å². The Labute approximate surface area is 118 Å². The van der Waals surface area contributed by atoms with E-state index >= 15 is 0 Å². The van der Waals surface area contributed by atoms with E-state index in [-0.39, 0.29) is 11.0 Å². The second kappa shape index (κ2) is 7.78. The van der Waals surface area contributed by atoms with Crippen LogP contribution in [0.5, 0.6) is 0 Å². The maximum Gasteiger partial charge on any atom is 0.269 e. The molecular weight excluding hydrogens is 264 g/mol. The van der Waals surface area contributed by atoms with E-state index in [0.717, 1.165) is 12.8 Å². The average molecular weight is 284 g/mol. The largest absolute Gasteiger partial charge is 0.303 e. The lowest BCUT2D eigenvalue weighted by molar-refractivity contribution is -0.119. The Hall–Kier alpha value is -1.57. The summed E-state index contributed by atoms with van der Waals surface area (Å²) in [5.74, 6) is 0.623. The molecule has 19 heavy (non-hydrogen) atoms. The van der Waals surface area contributed by atoms with Crippen molar-refractivity contribution in [1.29, 1.82) is 0 Å². The summed E-state index contributed by atoms with van der Waals surface area (Å²) in [7, 11) is 0. The molecule has 0 saturated heterocycles. The van der Waals surface area contributed by atoms with Crippen LogP contribution in [-0.4, -0.2) is 31.2 Å². The second-order valence-corrected chi connectivity index (χ2v) is 5.08. The highest BCUT2D eigenvalue weighted by atomic mass is 32.1. The molecule has 0 unspecified atom stereocenters. The zero-order valence-electron chi connectivity index (χ0n) is 11.5. The highest BCUT2D eigenvalue weighted by molar-refractivity contribution is 7.80. The molecule has 0 radical (unpaired) electrons. The zero-order valence-corrected chi connectivity index (χ0v) is 12.3. The van der Waals surface area contributed by atoms with E-state index in [2.05, 4.69) is 39.9 Å². The number of anilines is 1. The Bertz CT molecular complexity index is 431. The first kappa shape index (κ1) is 15.5. The molecule has 0 aromatic carbocycles. The Morgan fingerprint density at radius 3 is 2.84 bits per heavy atom. The summed E-state index contributed by atoms with van der Waals surface area (Å²) in [6.07, 6.45) is 2.28. The van der Waals surface area contributed by atoms with Gasteiger partial charge in [-0.05, 0) is 29.8 Å². The van der Waals surface area contributed by atoms with Crippen LogP contribution in [0.2, 0.25) is 0 Å². The monoisotopic (exact) mass is 284 g/mol. The topological polar surface area (TPSA) is 84.7 Å². The first-order chi connectivity index (χ1) is 9.01. The van der Waals surface area contributed by atoms with Gasteiger partial charge in [0.2, 0.25) is 5.91 Å². The van der Waals surface area contributed by atoms with Crippen molar-refractivity contribution in [3.05, 3.63) is 0 Å². The molecular formula is C11H20N6OS. The van der Waals surface area contributed by atoms with Gasteiger partial charge in [0.05, 0.1) is 6.54 Å². The molecule has 8 heteroatoms. The molecule has 0 bridgehead atoms. The summed E-state index contributed by atoms with van der Waals surface area (Å²) in [4.78, 5) is 12.9. The third-order valence-electron chi connectivity index (χ3n) is 2.22. The van der Waals surface area contributed by atoms with Crippen LogP contribution in [0.3, 0.4) is 0 Å². The van der Waals surface area contributed by atoms with Gasteiger partial charge in [0.15, 0.2) is 5.11 Å². The van der Waals surface area contributed by atoms with Gasteiger partial charge in [-0.1, -0.05) is 32.3 Å². The van der Waals surface area contributed by atoms with Crippen molar-refractivity contribution in [2.24, 2.45) is 5.92 Å². The number of aromatic nitrogens is 4. The molecule has 0 fully saturated rings. The van der Waals surface area contributed by atoms with E-state index in [0.29, 0.717) is 24.8 Å². The molecule has 0 aliphatic carbocycles. The molecule has 0 aliphatic heterocycles. The Kier molecular flexibility index (Phi) is 6.34. The number of nitrogens with zero attached hydrogens (tertiary/aromatic N) is 4. The third kappa shape index (κ3) is 6.23. The molecule has 1 amide bonds. The Morgan fingerprint density at radius 2 is 2.21 bits per heavy atom. The Balaban J connectivity index is 2.39. The third-order valence-corrected chi connectivity index (χ3v) is 2.42. The number of hydrogen-bond acceptors (Lipinski definition) is 5. The van der Waals surface area contributed by atoms with Crippen molar-refractivity contribution in [3.63, 3.8) is 0 Å². The highest BCUT2D eigenvalue weighted by Crippen LogP contribution is 1.99. The van der Waals surface area contributed by atoms with Gasteiger partial charge < -0.3 is 5.32 Å². The first-order valence-electron chi connectivity index (χ1n) is 6.40. The van der Waals surface area contributed by atoms with Crippen molar-refractivity contribution in [1.82, 2.24) is 25.5 Å². The van der Waals surface area contributed by atoms with Crippen LogP contribution in [-0.2, 0) is 11.3 Å². The van der Waals surface area contributed by atoms with Crippen LogP contribution in [0.15, 0.2) is 0 Å². The summed E-state index contributed by atoms with van der Waals surface area (Å²) in [5.41, 5.74) is 0. The van der Waals surface area contributed by atoms with Crippen LogP contribution in [0, 0.1) is 5.92 Å². The van der Waals surface area contributed by atoms with E-state index in [4.69, 9.17) is 12.2 Å². The normalized spacial score (nSPS) is 10.5. The van der Waals surface area contributed by atoms with Crippen LogP contribution < -0.4 is 10.6 Å². The standard InChI is InChI=1S/C11H20N6OS/c1-4-5-6-9(18)12-11(19)13-10-14-16-17(15-10)7-8(2)3/h8H,4-7H2,1-3H3,(H2,12,13,15,18,19). The lowest BCUT2D eigenvalue weighted by Gasteiger charge is -2.05. The second-order valence-electron chi connectivity index (χ2n) is 4.67. The van der Waals surface area contributed by atoms with Gasteiger partial charge in [-0.15, -0.1) is 5.10 Å². The summed E-state index contributed by atoms with van der Waals surface area (Å²) in [5, 5.41) is 17.3. The van der Waals surface area contributed by atoms with Gasteiger partial charge in [0.25, 0.3) is 5.95 Å². The lowest BCUT2D eigenvalue weighted by Crippen LogP contribution is -2.34. The molecule has 0 saturated carbocycles. The van der Waals surface area contributed by atoms with E-state index < -0.39 is 0 Å². The van der Waals surface area contributed by atoms with Gasteiger partial charge in [0.1, 0.15) is 0 Å². The SMILES string of the molecule is CCCCC(=O)NC(=S)Nc1nnn(CC(C)C)n1. The summed E-state index contributed by atoms with van der Waals surface area (Å²) in [6, 6.07) is 0. The molecule has 1 rings (SSSR count). The molecule has 1 heterocycles. The van der Waals surface area contributed by atoms with Crippen LogP contribution in [0.1, 0.15) is 40.0 Å².